The fourth-order valence-electron chi connectivity index (χ4n) is 6.12. The Hall–Kier alpha value is -4.27. The number of amides is 1. The maximum absolute atomic E-state index is 13.4. The Balaban J connectivity index is 1.23. The number of halogens is 2. The first kappa shape index (κ1) is 25.0. The van der Waals surface area contributed by atoms with Crippen molar-refractivity contribution < 1.29 is 28.2 Å². The Kier molecular flexibility index (Phi) is 6.29. The first-order valence-corrected chi connectivity index (χ1v) is 12.9. The van der Waals surface area contributed by atoms with Crippen LogP contribution in [0.4, 0.5) is 8.78 Å². The Morgan fingerprint density at radius 1 is 1.03 bits per heavy atom. The fourth-order valence-corrected chi connectivity index (χ4v) is 6.12. The number of ether oxygens (including phenoxy) is 1. The molecule has 0 bridgehead atoms. The van der Waals surface area contributed by atoms with Gasteiger partial charge in [0.1, 0.15) is 5.75 Å². The highest BCUT2D eigenvalue weighted by Gasteiger charge is 2.55. The number of carboxylic acids is 1. The summed E-state index contributed by atoms with van der Waals surface area (Å²) in [4.78, 5) is 24.6. The molecule has 4 aromatic rings. The molecule has 2 aliphatic rings. The predicted molar refractivity (Wildman–Crippen MR) is 141 cm³/mol. The topological polar surface area (TPSA) is 93.5 Å². The Morgan fingerprint density at radius 2 is 1.72 bits per heavy atom. The van der Waals surface area contributed by atoms with Crippen LogP contribution < -0.4 is 10.1 Å². The number of rotatable bonds is 8. The molecule has 39 heavy (non-hydrogen) atoms. The third kappa shape index (κ3) is 4.96. The standard InChI is InChI=1S/C30H27F2N3O4/c31-29(32)39-24-10-21-16-33-35(17-18-6-8-20(9-7-18)19-4-2-1-3-5-19)26(21)25(11-24)27(36)34-23-14-30(15-23)12-22(13-30)28(37)38/h1-11,16,22-23,29H,12-15,17H2,(H,34,36)(H,37,38). The number of nitrogens with zero attached hydrogens (tertiary/aromatic N) is 2. The van der Waals surface area contributed by atoms with Gasteiger partial charge >= 0.3 is 12.6 Å². The molecule has 0 saturated heterocycles. The van der Waals surface area contributed by atoms with E-state index in [4.69, 9.17) is 5.11 Å². The molecule has 0 unspecified atom stereocenters. The van der Waals surface area contributed by atoms with Crippen LogP contribution in [0.1, 0.15) is 41.6 Å². The third-order valence-corrected chi connectivity index (χ3v) is 7.97. The summed E-state index contributed by atoms with van der Waals surface area (Å²) in [5.41, 5.74) is 3.89. The van der Waals surface area contributed by atoms with Crippen LogP contribution in [-0.4, -0.2) is 39.4 Å². The summed E-state index contributed by atoms with van der Waals surface area (Å²) in [6.45, 7) is -2.64. The van der Waals surface area contributed by atoms with Gasteiger partial charge in [0.05, 0.1) is 29.7 Å². The van der Waals surface area contributed by atoms with Gasteiger partial charge in [-0.1, -0.05) is 54.6 Å². The molecular weight excluding hydrogens is 504 g/mol. The molecule has 2 saturated carbocycles. The summed E-state index contributed by atoms with van der Waals surface area (Å²) in [6, 6.07) is 20.8. The van der Waals surface area contributed by atoms with E-state index in [-0.39, 0.29) is 28.7 Å². The van der Waals surface area contributed by atoms with Gasteiger partial charge in [0.25, 0.3) is 5.91 Å². The van der Waals surface area contributed by atoms with Gasteiger partial charge in [-0.2, -0.15) is 13.9 Å². The number of alkyl halides is 2. The van der Waals surface area contributed by atoms with E-state index in [1.807, 2.05) is 54.6 Å². The molecule has 1 amide bonds. The number of nitrogens with one attached hydrogen (secondary N) is 1. The summed E-state index contributed by atoms with van der Waals surface area (Å²) in [7, 11) is 0. The lowest BCUT2D eigenvalue weighted by Gasteiger charge is -2.56. The van der Waals surface area contributed by atoms with Crippen molar-refractivity contribution in [2.45, 2.75) is 44.9 Å². The maximum atomic E-state index is 13.4. The second-order valence-corrected chi connectivity index (χ2v) is 10.7. The summed E-state index contributed by atoms with van der Waals surface area (Å²) < 4.78 is 32.3. The number of benzene rings is 3. The minimum atomic E-state index is -3.02. The second-order valence-electron chi connectivity index (χ2n) is 10.7. The summed E-state index contributed by atoms with van der Waals surface area (Å²) in [5, 5.41) is 17.2. The minimum Gasteiger partial charge on any atom is -0.481 e. The number of aliphatic carboxylic acids is 1. The van der Waals surface area contributed by atoms with Gasteiger partial charge < -0.3 is 15.2 Å². The number of fused-ring (bicyclic) bond motifs is 1. The van der Waals surface area contributed by atoms with Crippen LogP contribution in [0.3, 0.4) is 0 Å². The van der Waals surface area contributed by atoms with Crippen molar-refractivity contribution in [2.24, 2.45) is 11.3 Å². The summed E-state index contributed by atoms with van der Waals surface area (Å²) >= 11 is 0. The molecular formula is C30H27F2N3O4. The van der Waals surface area contributed by atoms with Gasteiger partial charge in [-0.05, 0) is 59.9 Å². The van der Waals surface area contributed by atoms with Gasteiger partial charge in [0, 0.05) is 11.4 Å². The van der Waals surface area contributed by atoms with Gasteiger partial charge in [-0.15, -0.1) is 0 Å². The van der Waals surface area contributed by atoms with E-state index in [2.05, 4.69) is 15.2 Å². The predicted octanol–water partition coefficient (Wildman–Crippen LogP) is 5.73. The largest absolute Gasteiger partial charge is 0.481 e. The summed E-state index contributed by atoms with van der Waals surface area (Å²) in [6.07, 6.45) is 4.23. The minimum absolute atomic E-state index is 0.00928. The number of carboxylic acid groups (broad SMARTS) is 1. The molecule has 9 heteroatoms. The molecule has 7 nitrogen and oxygen atoms in total. The highest BCUT2D eigenvalue weighted by Crippen LogP contribution is 2.58. The average molecular weight is 532 g/mol. The van der Waals surface area contributed by atoms with Crippen LogP contribution >= 0.6 is 0 Å². The van der Waals surface area contributed by atoms with Crippen molar-refractivity contribution in [3.8, 4) is 16.9 Å². The van der Waals surface area contributed by atoms with Crippen LogP contribution in [0.2, 0.25) is 0 Å². The fraction of sp³-hybridized carbons (Fsp3) is 0.300. The van der Waals surface area contributed by atoms with Crippen LogP contribution in [0.5, 0.6) is 5.75 Å². The SMILES string of the molecule is O=C(NC1CC2(C1)CC(C(=O)O)C2)c1cc(OC(F)F)cc2cnn(Cc3ccc(-c4ccccc4)cc3)c12. The number of hydrogen-bond donors (Lipinski definition) is 2. The lowest BCUT2D eigenvalue weighted by atomic mass is 9.50. The molecule has 200 valence electrons. The highest BCUT2D eigenvalue weighted by atomic mass is 19.3. The maximum Gasteiger partial charge on any atom is 0.387 e. The second kappa shape index (κ2) is 9.80. The van der Waals surface area contributed by atoms with Crippen molar-refractivity contribution in [3.63, 3.8) is 0 Å². The van der Waals surface area contributed by atoms with Crippen molar-refractivity contribution >= 4 is 22.8 Å². The van der Waals surface area contributed by atoms with Crippen molar-refractivity contribution in [3.05, 3.63) is 84.1 Å². The lowest BCUT2D eigenvalue weighted by molar-refractivity contribution is -0.155. The highest BCUT2D eigenvalue weighted by molar-refractivity contribution is 6.06. The number of carbonyl (C=O) groups is 2. The zero-order chi connectivity index (χ0) is 27.1. The van der Waals surface area contributed by atoms with Gasteiger partial charge in [-0.25, -0.2) is 0 Å². The van der Waals surface area contributed by atoms with Crippen molar-refractivity contribution in [1.82, 2.24) is 15.1 Å². The molecule has 1 spiro atoms. The van der Waals surface area contributed by atoms with E-state index < -0.39 is 18.5 Å². The van der Waals surface area contributed by atoms with Gasteiger partial charge in [0.2, 0.25) is 0 Å². The normalized spacial score (nSPS) is 21.9. The van der Waals surface area contributed by atoms with E-state index in [1.165, 1.54) is 12.1 Å². The molecule has 1 aromatic heterocycles. The molecule has 6 rings (SSSR count). The zero-order valence-corrected chi connectivity index (χ0v) is 21.0. The van der Waals surface area contributed by atoms with Crippen molar-refractivity contribution in [2.75, 3.05) is 0 Å². The van der Waals surface area contributed by atoms with E-state index in [1.54, 1.807) is 10.9 Å². The van der Waals surface area contributed by atoms with E-state index >= 15 is 0 Å². The lowest BCUT2D eigenvalue weighted by Crippen LogP contribution is -2.57. The Labute approximate surface area is 223 Å². The Bertz CT molecular complexity index is 1520. The molecule has 0 atom stereocenters. The average Bonchev–Trinajstić information content (AvgIpc) is 3.26. The number of aromatic nitrogens is 2. The van der Waals surface area contributed by atoms with Gasteiger partial charge in [-0.3, -0.25) is 14.3 Å². The van der Waals surface area contributed by atoms with Crippen LogP contribution in [0.15, 0.2) is 72.9 Å². The molecule has 3 aromatic carbocycles. The number of carbonyl (C=O) groups excluding carboxylic acids is 1. The van der Waals surface area contributed by atoms with E-state index in [9.17, 15) is 18.4 Å². The van der Waals surface area contributed by atoms with Crippen LogP contribution in [0.25, 0.3) is 22.0 Å². The monoisotopic (exact) mass is 531 g/mol. The molecule has 2 fully saturated rings. The van der Waals surface area contributed by atoms with Crippen LogP contribution in [0, 0.1) is 11.3 Å². The summed E-state index contributed by atoms with van der Waals surface area (Å²) in [5.74, 6) is -1.58. The molecule has 0 radical (unpaired) electrons. The first-order valence-electron chi connectivity index (χ1n) is 12.9. The molecule has 0 aliphatic heterocycles. The zero-order valence-electron chi connectivity index (χ0n) is 21.0. The first-order chi connectivity index (χ1) is 18.8. The van der Waals surface area contributed by atoms with Gasteiger partial charge in [0.15, 0.2) is 0 Å². The smallest absolute Gasteiger partial charge is 0.387 e. The molecule has 1 heterocycles. The van der Waals surface area contributed by atoms with E-state index in [0.29, 0.717) is 43.1 Å². The van der Waals surface area contributed by atoms with Crippen molar-refractivity contribution in [1.29, 1.82) is 0 Å². The van der Waals surface area contributed by atoms with Crippen LogP contribution in [-0.2, 0) is 11.3 Å². The molecule has 2 N–H and O–H groups in total. The molecule has 2 aliphatic carbocycles. The van der Waals surface area contributed by atoms with E-state index in [0.717, 1.165) is 16.7 Å². The Morgan fingerprint density at radius 3 is 2.38 bits per heavy atom. The quantitative estimate of drug-likeness (QED) is 0.303. The third-order valence-electron chi connectivity index (χ3n) is 7.97. The number of hydrogen-bond acceptors (Lipinski definition) is 4.